The molecule has 1 aliphatic carbocycles. The van der Waals surface area contributed by atoms with E-state index in [0.29, 0.717) is 6.04 Å². The van der Waals surface area contributed by atoms with Gasteiger partial charge < -0.3 is 4.57 Å². The first-order valence-corrected chi connectivity index (χ1v) is 17.6. The lowest BCUT2D eigenvalue weighted by molar-refractivity contribution is 0.380. The van der Waals surface area contributed by atoms with E-state index in [2.05, 4.69) is 62.0 Å². The van der Waals surface area contributed by atoms with Crippen LogP contribution in [0.25, 0.3) is 0 Å². The predicted molar refractivity (Wildman–Crippen MR) is 174 cm³/mol. The second-order valence-electron chi connectivity index (χ2n) is 12.8. The highest BCUT2D eigenvalue weighted by Gasteiger charge is 2.34. The van der Waals surface area contributed by atoms with Crippen molar-refractivity contribution in [1.82, 2.24) is 9.55 Å². The van der Waals surface area contributed by atoms with Crippen molar-refractivity contribution in [2.75, 3.05) is 0 Å². The van der Waals surface area contributed by atoms with Gasteiger partial charge in [-0.15, -0.1) is 0 Å². The van der Waals surface area contributed by atoms with Crippen LogP contribution in [0, 0.1) is 0 Å². The van der Waals surface area contributed by atoms with E-state index in [1.54, 1.807) is 0 Å². The highest BCUT2D eigenvalue weighted by atomic mass is 15.1. The van der Waals surface area contributed by atoms with E-state index in [9.17, 15) is 0 Å². The second kappa shape index (κ2) is 22.4. The fourth-order valence-corrected chi connectivity index (χ4v) is 6.53. The first-order chi connectivity index (χ1) is 19.2. The van der Waals surface area contributed by atoms with Crippen LogP contribution in [0.4, 0.5) is 0 Å². The predicted octanol–water partition coefficient (Wildman–Crippen LogP) is 12.6. The molecule has 224 valence electrons. The zero-order chi connectivity index (χ0) is 27.9. The summed E-state index contributed by atoms with van der Waals surface area (Å²) in [6.45, 7) is 7.02. The Morgan fingerprint density at radius 1 is 0.667 bits per heavy atom. The van der Waals surface area contributed by atoms with Crippen molar-refractivity contribution >= 4 is 0 Å². The molecule has 1 aliphatic rings. The molecule has 0 aromatic carbocycles. The van der Waals surface area contributed by atoms with E-state index in [-0.39, 0.29) is 5.41 Å². The Morgan fingerprint density at radius 3 is 1.64 bits per heavy atom. The number of nitrogens with zero attached hydrogens (tertiary/aromatic N) is 2. The van der Waals surface area contributed by atoms with Crippen molar-refractivity contribution in [2.45, 2.75) is 193 Å². The average molecular weight is 539 g/mol. The average Bonchev–Trinajstić information content (AvgIpc) is 3.46. The normalized spacial score (nSPS) is 17.7. The molecule has 0 saturated heterocycles. The molecule has 1 aromatic heterocycles. The summed E-state index contributed by atoms with van der Waals surface area (Å²) in [5.74, 6) is 1.31. The van der Waals surface area contributed by atoms with Gasteiger partial charge in [0.25, 0.3) is 0 Å². The first-order valence-electron chi connectivity index (χ1n) is 17.6. The van der Waals surface area contributed by atoms with Crippen LogP contribution < -0.4 is 0 Å². The summed E-state index contributed by atoms with van der Waals surface area (Å²) in [5.41, 5.74) is 0.0861. The number of hydrogen-bond acceptors (Lipinski definition) is 1. The molecule has 2 nitrogen and oxygen atoms in total. The van der Waals surface area contributed by atoms with Gasteiger partial charge in [0, 0.05) is 18.4 Å². The van der Waals surface area contributed by atoms with Crippen LogP contribution >= 0.6 is 0 Å². The fraction of sp³-hybridized carbons (Fsp3) is 0.811. The minimum atomic E-state index is 0.0861. The second-order valence-corrected chi connectivity index (χ2v) is 12.8. The van der Waals surface area contributed by atoms with Gasteiger partial charge in [-0.3, -0.25) is 0 Å². The summed E-state index contributed by atoms with van der Waals surface area (Å²) in [6, 6.07) is 0.537. The third-order valence-electron chi connectivity index (χ3n) is 9.19. The Hall–Kier alpha value is -1.31. The quantitative estimate of drug-likeness (QED) is 0.107. The molecule has 0 aliphatic heterocycles. The van der Waals surface area contributed by atoms with Crippen molar-refractivity contribution in [3.05, 3.63) is 42.5 Å². The van der Waals surface area contributed by atoms with Gasteiger partial charge in [-0.1, -0.05) is 179 Å². The van der Waals surface area contributed by atoms with Crippen LogP contribution in [0.15, 0.2) is 36.7 Å². The summed E-state index contributed by atoms with van der Waals surface area (Å²) in [7, 11) is 0. The van der Waals surface area contributed by atoms with Gasteiger partial charge in [-0.25, -0.2) is 4.98 Å². The molecule has 0 bridgehead atoms. The van der Waals surface area contributed by atoms with Gasteiger partial charge >= 0.3 is 0 Å². The van der Waals surface area contributed by atoms with E-state index < -0.39 is 0 Å². The molecule has 2 unspecified atom stereocenters. The Balaban J connectivity index is 1.67. The molecule has 0 N–H and O–H groups in total. The largest absolute Gasteiger partial charge is 0.331 e. The fourth-order valence-electron chi connectivity index (χ4n) is 6.53. The van der Waals surface area contributed by atoms with Crippen molar-refractivity contribution in [3.63, 3.8) is 0 Å². The SMILES string of the molecule is CCCCCCCCCCCCCCCC1(c2nccn2C(C)CCCCCCCCCCC)C=CC=CC1. The van der Waals surface area contributed by atoms with Gasteiger partial charge in [0.15, 0.2) is 0 Å². The molecule has 1 aromatic rings. The third kappa shape index (κ3) is 14.2. The van der Waals surface area contributed by atoms with E-state index in [0.717, 1.165) is 6.42 Å². The van der Waals surface area contributed by atoms with Gasteiger partial charge in [0.05, 0.1) is 5.41 Å². The molecule has 2 atom stereocenters. The van der Waals surface area contributed by atoms with Gasteiger partial charge in [0.2, 0.25) is 0 Å². The third-order valence-corrected chi connectivity index (χ3v) is 9.19. The minimum Gasteiger partial charge on any atom is -0.331 e. The minimum absolute atomic E-state index is 0.0861. The molecular weight excluding hydrogens is 472 g/mol. The highest BCUT2D eigenvalue weighted by Crippen LogP contribution is 2.38. The summed E-state index contributed by atoms with van der Waals surface area (Å²) in [5, 5.41) is 0. The van der Waals surface area contributed by atoms with E-state index >= 15 is 0 Å². The molecule has 1 heterocycles. The van der Waals surface area contributed by atoms with Crippen LogP contribution in [-0.4, -0.2) is 9.55 Å². The maximum Gasteiger partial charge on any atom is 0.119 e. The van der Waals surface area contributed by atoms with E-state index in [4.69, 9.17) is 4.98 Å². The van der Waals surface area contributed by atoms with Gasteiger partial charge in [-0.2, -0.15) is 0 Å². The van der Waals surface area contributed by atoms with E-state index in [1.807, 2.05) is 0 Å². The number of aromatic nitrogens is 2. The number of hydrogen-bond donors (Lipinski definition) is 0. The van der Waals surface area contributed by atoms with Crippen molar-refractivity contribution < 1.29 is 0 Å². The molecular formula is C37H66N2. The van der Waals surface area contributed by atoms with Crippen LogP contribution in [0.2, 0.25) is 0 Å². The van der Waals surface area contributed by atoms with Crippen LogP contribution in [0.1, 0.15) is 193 Å². The summed E-state index contributed by atoms with van der Waals surface area (Å²) in [4.78, 5) is 4.98. The Morgan fingerprint density at radius 2 is 1.15 bits per heavy atom. The Labute approximate surface area is 244 Å². The zero-order valence-electron chi connectivity index (χ0n) is 26.6. The van der Waals surface area contributed by atoms with Crippen LogP contribution in [-0.2, 0) is 5.41 Å². The Bertz CT molecular complexity index is 744. The van der Waals surface area contributed by atoms with Gasteiger partial charge in [-0.05, 0) is 26.2 Å². The molecule has 0 saturated carbocycles. The molecule has 39 heavy (non-hydrogen) atoms. The number of imidazole rings is 1. The highest BCUT2D eigenvalue weighted by molar-refractivity contribution is 5.29. The standard InChI is InChI=1S/C37H66N2/c1-4-6-8-10-12-14-15-16-17-19-21-23-26-30-37(31-27-24-28-32-37)36-38-33-34-39(36)35(3)29-25-22-20-18-13-11-9-7-5-2/h24,27-28,31,33-35H,4-23,25-26,29-30,32H2,1-3H3. The zero-order valence-corrected chi connectivity index (χ0v) is 26.6. The number of unbranched alkanes of at least 4 members (excludes halogenated alkanes) is 20. The molecule has 0 spiro atoms. The van der Waals surface area contributed by atoms with E-state index in [1.165, 1.54) is 160 Å². The molecule has 2 heteroatoms. The maximum atomic E-state index is 4.98. The van der Waals surface area contributed by atoms with Crippen molar-refractivity contribution in [1.29, 1.82) is 0 Å². The number of rotatable bonds is 26. The summed E-state index contributed by atoms with van der Waals surface area (Å²) < 4.78 is 2.52. The number of allylic oxidation sites excluding steroid dienone is 4. The summed E-state index contributed by atoms with van der Waals surface area (Å²) in [6.07, 6.45) is 48.3. The topological polar surface area (TPSA) is 17.8 Å². The van der Waals surface area contributed by atoms with Crippen LogP contribution in [0.5, 0.6) is 0 Å². The Kier molecular flexibility index (Phi) is 19.5. The maximum absolute atomic E-state index is 4.98. The summed E-state index contributed by atoms with van der Waals surface area (Å²) >= 11 is 0. The lowest BCUT2D eigenvalue weighted by Crippen LogP contribution is -2.29. The monoisotopic (exact) mass is 539 g/mol. The smallest absolute Gasteiger partial charge is 0.119 e. The molecule has 0 amide bonds. The molecule has 2 rings (SSSR count). The first kappa shape index (κ1) is 33.9. The van der Waals surface area contributed by atoms with Crippen LogP contribution in [0.3, 0.4) is 0 Å². The molecule has 0 radical (unpaired) electrons. The van der Waals surface area contributed by atoms with Gasteiger partial charge in [0.1, 0.15) is 5.82 Å². The molecule has 0 fully saturated rings. The van der Waals surface area contributed by atoms with Crippen molar-refractivity contribution in [2.24, 2.45) is 0 Å². The van der Waals surface area contributed by atoms with Crippen molar-refractivity contribution in [3.8, 4) is 0 Å². The lowest BCUT2D eigenvalue weighted by Gasteiger charge is -2.33. The lowest BCUT2D eigenvalue weighted by atomic mass is 9.76.